The molecule has 0 fully saturated rings. The topological polar surface area (TPSA) is 28.0 Å². The minimum atomic E-state index is 0.345. The van der Waals surface area contributed by atoms with Gasteiger partial charge in [0, 0.05) is 25.4 Å². The Morgan fingerprint density at radius 2 is 2.17 bits per heavy atom. The largest absolute Gasteiger partial charge is 0.332 e. The number of amidine groups is 1. The third kappa shape index (κ3) is 4.54. The van der Waals surface area contributed by atoms with Crippen LogP contribution in [0.5, 0.6) is 0 Å². The summed E-state index contributed by atoms with van der Waals surface area (Å²) in [5.74, 6) is 1.27. The van der Waals surface area contributed by atoms with Gasteiger partial charge >= 0.3 is 0 Å². The van der Waals surface area contributed by atoms with E-state index in [0.717, 1.165) is 43.6 Å². The van der Waals surface area contributed by atoms with E-state index in [-0.39, 0.29) is 0 Å². The SMILES string of the molecule is C=CC=CC(=C)N(C)/C(=N/N=C)C1CC=C(C2=CC=CCC2)CC1. The Morgan fingerprint density at radius 1 is 1.33 bits per heavy atom. The minimum absolute atomic E-state index is 0.345. The Labute approximate surface area is 145 Å². The van der Waals surface area contributed by atoms with E-state index in [1.54, 1.807) is 6.08 Å². The molecule has 0 bridgehead atoms. The van der Waals surface area contributed by atoms with Gasteiger partial charge in [-0.25, -0.2) is 0 Å². The molecule has 0 heterocycles. The highest BCUT2D eigenvalue weighted by atomic mass is 15.3. The smallest absolute Gasteiger partial charge is 0.135 e. The molecule has 0 aromatic rings. The lowest BCUT2D eigenvalue weighted by atomic mass is 9.83. The fourth-order valence-electron chi connectivity index (χ4n) is 3.16. The van der Waals surface area contributed by atoms with Crippen LogP contribution < -0.4 is 0 Å². The van der Waals surface area contributed by atoms with Crippen LogP contribution in [0.25, 0.3) is 0 Å². The van der Waals surface area contributed by atoms with Gasteiger partial charge in [-0.2, -0.15) is 5.10 Å². The van der Waals surface area contributed by atoms with Crippen LogP contribution >= 0.6 is 0 Å². The Bertz CT molecular complexity index is 644. The average molecular weight is 321 g/mol. The van der Waals surface area contributed by atoms with E-state index >= 15 is 0 Å². The van der Waals surface area contributed by atoms with Crippen molar-refractivity contribution < 1.29 is 0 Å². The zero-order chi connectivity index (χ0) is 17.4. The van der Waals surface area contributed by atoms with Crippen molar-refractivity contribution in [1.29, 1.82) is 0 Å². The lowest BCUT2D eigenvalue weighted by Gasteiger charge is -2.30. The lowest BCUT2D eigenvalue weighted by molar-refractivity contribution is 0.516. The highest BCUT2D eigenvalue weighted by Gasteiger charge is 2.24. The summed E-state index contributed by atoms with van der Waals surface area (Å²) < 4.78 is 0. The van der Waals surface area contributed by atoms with Crippen LogP contribution in [0.2, 0.25) is 0 Å². The molecule has 3 heteroatoms. The van der Waals surface area contributed by atoms with Gasteiger partial charge in [0.15, 0.2) is 0 Å². The molecule has 2 aliphatic rings. The predicted octanol–water partition coefficient (Wildman–Crippen LogP) is 5.19. The average Bonchev–Trinajstić information content (AvgIpc) is 2.64. The molecule has 0 aliphatic heterocycles. The number of allylic oxidation sites excluding steroid dienone is 9. The molecule has 0 aromatic heterocycles. The van der Waals surface area contributed by atoms with Gasteiger partial charge in [0.1, 0.15) is 5.84 Å². The van der Waals surface area contributed by atoms with Crippen molar-refractivity contribution >= 4 is 12.6 Å². The number of hydrogen-bond donors (Lipinski definition) is 0. The third-order valence-corrected chi connectivity index (χ3v) is 4.57. The standard InChI is InChI=1S/C21H27N3/c1-5-6-10-17(2)24(4)21(23-22-3)20-15-13-19(14-16-20)18-11-8-7-9-12-18/h5-8,10-11,13,20H,1-3,9,12,14-16H2,4H3/b10-6?,23-21+. The minimum Gasteiger partial charge on any atom is -0.332 e. The molecular formula is C21H27N3. The van der Waals surface area contributed by atoms with Crippen molar-refractivity contribution in [3.63, 3.8) is 0 Å². The highest BCUT2D eigenvalue weighted by molar-refractivity contribution is 5.86. The van der Waals surface area contributed by atoms with E-state index in [0.29, 0.717) is 5.92 Å². The van der Waals surface area contributed by atoms with E-state index < -0.39 is 0 Å². The van der Waals surface area contributed by atoms with Crippen molar-refractivity contribution in [2.45, 2.75) is 32.1 Å². The maximum atomic E-state index is 4.30. The van der Waals surface area contributed by atoms with Crippen LogP contribution in [-0.2, 0) is 0 Å². The monoisotopic (exact) mass is 321 g/mol. The van der Waals surface area contributed by atoms with Crippen LogP contribution in [0.4, 0.5) is 0 Å². The van der Waals surface area contributed by atoms with Crippen LogP contribution in [0, 0.1) is 5.92 Å². The second-order valence-electron chi connectivity index (χ2n) is 6.10. The molecule has 0 aromatic carbocycles. The van der Waals surface area contributed by atoms with E-state index in [1.165, 1.54) is 11.1 Å². The number of likely N-dealkylation sites (N-methyl/N-ethyl adjacent to an activating group) is 1. The maximum absolute atomic E-state index is 4.30. The Hall–Kier alpha value is -2.42. The first-order valence-corrected chi connectivity index (χ1v) is 8.47. The normalized spacial score (nSPS) is 21.2. The molecule has 24 heavy (non-hydrogen) atoms. The summed E-state index contributed by atoms with van der Waals surface area (Å²) in [6.45, 7) is 11.3. The fourth-order valence-corrected chi connectivity index (χ4v) is 3.16. The molecule has 0 N–H and O–H groups in total. The van der Waals surface area contributed by atoms with Crippen molar-refractivity contribution in [3.05, 3.63) is 72.5 Å². The molecule has 126 valence electrons. The highest BCUT2D eigenvalue weighted by Crippen LogP contribution is 2.33. The summed E-state index contributed by atoms with van der Waals surface area (Å²) in [6, 6.07) is 0. The second kappa shape index (κ2) is 9.02. The Balaban J connectivity index is 2.10. The first-order chi connectivity index (χ1) is 11.7. The fraction of sp³-hybridized carbons (Fsp3) is 0.333. The quantitative estimate of drug-likeness (QED) is 0.286. The van der Waals surface area contributed by atoms with Crippen molar-refractivity contribution in [1.82, 2.24) is 4.90 Å². The van der Waals surface area contributed by atoms with Crippen molar-refractivity contribution in [2.75, 3.05) is 7.05 Å². The van der Waals surface area contributed by atoms with Gasteiger partial charge < -0.3 is 4.90 Å². The number of hydrogen-bond acceptors (Lipinski definition) is 2. The Kier molecular flexibility index (Phi) is 6.74. The molecule has 0 saturated carbocycles. The molecule has 3 nitrogen and oxygen atoms in total. The zero-order valence-corrected chi connectivity index (χ0v) is 14.6. The van der Waals surface area contributed by atoms with Crippen molar-refractivity contribution in [3.8, 4) is 0 Å². The number of nitrogens with zero attached hydrogens (tertiary/aromatic N) is 3. The molecule has 0 radical (unpaired) electrons. The molecule has 0 amide bonds. The van der Waals surface area contributed by atoms with Gasteiger partial charge in [-0.15, -0.1) is 5.10 Å². The second-order valence-corrected chi connectivity index (χ2v) is 6.10. The van der Waals surface area contributed by atoms with Gasteiger partial charge in [-0.1, -0.05) is 49.6 Å². The van der Waals surface area contributed by atoms with Gasteiger partial charge in [-0.05, 0) is 49.3 Å². The lowest BCUT2D eigenvalue weighted by Crippen LogP contribution is -2.32. The van der Waals surface area contributed by atoms with Gasteiger partial charge in [-0.3, -0.25) is 0 Å². The maximum Gasteiger partial charge on any atom is 0.135 e. The van der Waals surface area contributed by atoms with E-state index in [9.17, 15) is 0 Å². The molecule has 0 spiro atoms. The molecular weight excluding hydrogens is 294 g/mol. The summed E-state index contributed by atoms with van der Waals surface area (Å²) >= 11 is 0. The first kappa shape index (κ1) is 17.9. The van der Waals surface area contributed by atoms with Crippen molar-refractivity contribution in [2.24, 2.45) is 16.1 Å². The van der Waals surface area contributed by atoms with Crippen LogP contribution in [-0.4, -0.2) is 24.5 Å². The van der Waals surface area contributed by atoms with E-state index in [1.807, 2.05) is 24.1 Å². The molecule has 1 unspecified atom stereocenters. The molecule has 1 atom stereocenters. The predicted molar refractivity (Wildman–Crippen MR) is 105 cm³/mol. The van der Waals surface area contributed by atoms with E-state index in [4.69, 9.17) is 0 Å². The van der Waals surface area contributed by atoms with Gasteiger partial charge in [0.05, 0.1) is 0 Å². The summed E-state index contributed by atoms with van der Waals surface area (Å²) in [6.07, 6.45) is 20.0. The third-order valence-electron chi connectivity index (χ3n) is 4.57. The van der Waals surface area contributed by atoms with Gasteiger partial charge in [0.2, 0.25) is 0 Å². The van der Waals surface area contributed by atoms with Crippen LogP contribution in [0.15, 0.2) is 82.7 Å². The number of rotatable bonds is 6. The zero-order valence-electron chi connectivity index (χ0n) is 14.6. The molecule has 2 aliphatic carbocycles. The van der Waals surface area contributed by atoms with Gasteiger partial charge in [0.25, 0.3) is 0 Å². The summed E-state index contributed by atoms with van der Waals surface area (Å²) in [7, 11) is 1.98. The van der Waals surface area contributed by atoms with Crippen LogP contribution in [0.3, 0.4) is 0 Å². The van der Waals surface area contributed by atoms with Crippen LogP contribution in [0.1, 0.15) is 32.1 Å². The molecule has 2 rings (SSSR count). The summed E-state index contributed by atoms with van der Waals surface area (Å²) in [5.41, 5.74) is 3.85. The molecule has 0 saturated heterocycles. The summed E-state index contributed by atoms with van der Waals surface area (Å²) in [5, 5.41) is 8.07. The van der Waals surface area contributed by atoms with E-state index in [2.05, 4.69) is 54.4 Å². The Morgan fingerprint density at radius 3 is 2.75 bits per heavy atom. The first-order valence-electron chi connectivity index (χ1n) is 8.47. The summed E-state index contributed by atoms with van der Waals surface area (Å²) in [4.78, 5) is 2.00.